The molecule has 1 heterocycles. The lowest BCUT2D eigenvalue weighted by atomic mass is 10.1. The molecular formula is C11H15N3O4S. The van der Waals surface area contributed by atoms with Gasteiger partial charge in [-0.25, -0.2) is 9.78 Å². The van der Waals surface area contributed by atoms with Crippen LogP contribution in [0.15, 0.2) is 5.38 Å². The Balaban J connectivity index is 2.69. The molecule has 0 spiro atoms. The average Bonchev–Trinajstić information content (AvgIpc) is 2.75. The topological polar surface area (TPSA) is 108 Å². The van der Waals surface area contributed by atoms with E-state index in [0.29, 0.717) is 18.0 Å². The van der Waals surface area contributed by atoms with Crippen molar-refractivity contribution in [3.8, 4) is 0 Å². The van der Waals surface area contributed by atoms with E-state index in [1.54, 1.807) is 0 Å². The van der Waals surface area contributed by atoms with E-state index in [9.17, 15) is 14.4 Å². The first-order valence-corrected chi connectivity index (χ1v) is 6.58. The molecule has 0 aliphatic rings. The Morgan fingerprint density at radius 2 is 2.16 bits per heavy atom. The van der Waals surface area contributed by atoms with Crippen LogP contribution in [0, 0.1) is 0 Å². The number of nitrogens with zero attached hydrogens (tertiary/aromatic N) is 1. The van der Waals surface area contributed by atoms with Gasteiger partial charge in [-0.1, -0.05) is 13.3 Å². The number of hydrogen-bond donors (Lipinski definition) is 3. The van der Waals surface area contributed by atoms with Crippen molar-refractivity contribution in [1.82, 2.24) is 10.3 Å². The predicted octanol–water partition coefficient (Wildman–Crippen LogP) is 1.08. The van der Waals surface area contributed by atoms with Crippen molar-refractivity contribution in [2.75, 3.05) is 5.32 Å². The van der Waals surface area contributed by atoms with Gasteiger partial charge in [0, 0.05) is 12.3 Å². The van der Waals surface area contributed by atoms with Gasteiger partial charge in [0.25, 0.3) is 5.91 Å². The van der Waals surface area contributed by atoms with Gasteiger partial charge in [-0.15, -0.1) is 11.3 Å². The smallest absolute Gasteiger partial charge is 0.326 e. The number of carbonyl (C=O) groups is 3. The maximum Gasteiger partial charge on any atom is 0.326 e. The number of rotatable bonds is 6. The SMILES string of the molecule is CCC[C@@H](NC(=O)c1csc(NC(C)=O)n1)C(=O)O. The Bertz CT molecular complexity index is 486. The second-order valence-electron chi connectivity index (χ2n) is 3.87. The maximum atomic E-state index is 11.8. The number of thiazole rings is 1. The van der Waals surface area contributed by atoms with Crippen LogP contribution < -0.4 is 10.6 Å². The molecule has 3 N–H and O–H groups in total. The molecule has 2 amide bonds. The molecule has 19 heavy (non-hydrogen) atoms. The maximum absolute atomic E-state index is 11.8. The molecule has 0 aliphatic heterocycles. The second-order valence-corrected chi connectivity index (χ2v) is 4.73. The molecule has 0 unspecified atom stereocenters. The van der Waals surface area contributed by atoms with Crippen LogP contribution in [0.3, 0.4) is 0 Å². The van der Waals surface area contributed by atoms with Crippen molar-refractivity contribution in [2.45, 2.75) is 32.7 Å². The van der Waals surface area contributed by atoms with Crippen molar-refractivity contribution in [3.05, 3.63) is 11.1 Å². The van der Waals surface area contributed by atoms with Crippen LogP contribution in [0.2, 0.25) is 0 Å². The molecule has 0 saturated carbocycles. The van der Waals surface area contributed by atoms with Gasteiger partial charge in [0.05, 0.1) is 0 Å². The normalized spacial score (nSPS) is 11.7. The van der Waals surface area contributed by atoms with Gasteiger partial charge < -0.3 is 15.7 Å². The average molecular weight is 285 g/mol. The largest absolute Gasteiger partial charge is 0.480 e. The van der Waals surface area contributed by atoms with Crippen molar-refractivity contribution < 1.29 is 19.5 Å². The van der Waals surface area contributed by atoms with Crippen molar-refractivity contribution >= 4 is 34.3 Å². The van der Waals surface area contributed by atoms with Crippen LogP contribution in [0.5, 0.6) is 0 Å². The minimum Gasteiger partial charge on any atom is -0.480 e. The van der Waals surface area contributed by atoms with Crippen LogP contribution in [0.4, 0.5) is 5.13 Å². The molecule has 0 aliphatic carbocycles. The molecule has 0 bridgehead atoms. The summed E-state index contributed by atoms with van der Waals surface area (Å²) in [5, 5.41) is 15.6. The van der Waals surface area contributed by atoms with Crippen LogP contribution in [0.1, 0.15) is 37.2 Å². The fraction of sp³-hybridized carbons (Fsp3) is 0.455. The zero-order chi connectivity index (χ0) is 14.4. The molecule has 7 nitrogen and oxygen atoms in total. The highest BCUT2D eigenvalue weighted by Crippen LogP contribution is 2.15. The van der Waals surface area contributed by atoms with Gasteiger partial charge in [0.1, 0.15) is 11.7 Å². The highest BCUT2D eigenvalue weighted by atomic mass is 32.1. The first-order chi connectivity index (χ1) is 8.93. The Morgan fingerprint density at radius 1 is 1.47 bits per heavy atom. The van der Waals surface area contributed by atoms with E-state index in [-0.39, 0.29) is 11.6 Å². The molecule has 1 aromatic heterocycles. The molecule has 0 radical (unpaired) electrons. The van der Waals surface area contributed by atoms with Gasteiger partial charge in [-0.3, -0.25) is 9.59 Å². The Labute approximate surface area is 114 Å². The lowest BCUT2D eigenvalue weighted by molar-refractivity contribution is -0.139. The fourth-order valence-electron chi connectivity index (χ4n) is 1.36. The van der Waals surface area contributed by atoms with Crippen LogP contribution in [-0.2, 0) is 9.59 Å². The summed E-state index contributed by atoms with van der Waals surface area (Å²) >= 11 is 1.10. The summed E-state index contributed by atoms with van der Waals surface area (Å²) in [5.41, 5.74) is 0.0936. The Kier molecular flexibility index (Phi) is 5.43. The van der Waals surface area contributed by atoms with Crippen molar-refractivity contribution in [1.29, 1.82) is 0 Å². The number of carboxylic acids is 1. The Morgan fingerprint density at radius 3 is 2.68 bits per heavy atom. The number of hydrogen-bond acceptors (Lipinski definition) is 5. The zero-order valence-corrected chi connectivity index (χ0v) is 11.4. The van der Waals surface area contributed by atoms with E-state index in [4.69, 9.17) is 5.11 Å². The molecule has 0 saturated heterocycles. The predicted molar refractivity (Wildman–Crippen MR) is 70.2 cm³/mol. The van der Waals surface area contributed by atoms with E-state index in [2.05, 4.69) is 15.6 Å². The summed E-state index contributed by atoms with van der Waals surface area (Å²) in [6.45, 7) is 3.17. The lowest BCUT2D eigenvalue weighted by Crippen LogP contribution is -2.40. The third-order valence-corrected chi connectivity index (χ3v) is 2.96. The summed E-state index contributed by atoms with van der Waals surface area (Å²) in [5.74, 6) is -1.92. The summed E-state index contributed by atoms with van der Waals surface area (Å²) in [6, 6.07) is -0.927. The molecular weight excluding hydrogens is 270 g/mol. The van der Waals surface area contributed by atoms with E-state index in [1.165, 1.54) is 12.3 Å². The number of anilines is 1. The standard InChI is InChI=1S/C11H15N3O4S/c1-3-4-7(10(17)18)13-9(16)8-5-19-11(14-8)12-6(2)15/h5,7H,3-4H2,1-2H3,(H,13,16)(H,17,18)(H,12,14,15)/t7-/m1/s1. The number of carbonyl (C=O) groups excluding carboxylic acids is 2. The minimum atomic E-state index is -1.08. The number of aromatic nitrogens is 1. The summed E-state index contributed by atoms with van der Waals surface area (Å²) in [6.07, 6.45) is 0.995. The summed E-state index contributed by atoms with van der Waals surface area (Å²) in [4.78, 5) is 37.4. The van der Waals surface area contributed by atoms with Crippen LogP contribution >= 0.6 is 11.3 Å². The van der Waals surface area contributed by atoms with Gasteiger partial charge in [-0.2, -0.15) is 0 Å². The first-order valence-electron chi connectivity index (χ1n) is 5.70. The van der Waals surface area contributed by atoms with E-state index >= 15 is 0 Å². The number of aliphatic carboxylic acids is 1. The van der Waals surface area contributed by atoms with Gasteiger partial charge >= 0.3 is 5.97 Å². The third-order valence-electron chi connectivity index (χ3n) is 2.20. The quantitative estimate of drug-likeness (QED) is 0.725. The van der Waals surface area contributed by atoms with E-state index < -0.39 is 17.9 Å². The van der Waals surface area contributed by atoms with Crippen LogP contribution in [0.25, 0.3) is 0 Å². The first kappa shape index (κ1) is 15.1. The number of amides is 2. The number of carboxylic acid groups (broad SMARTS) is 1. The molecule has 1 aromatic rings. The van der Waals surface area contributed by atoms with E-state index in [0.717, 1.165) is 11.3 Å². The number of nitrogens with one attached hydrogen (secondary N) is 2. The molecule has 1 rings (SSSR count). The van der Waals surface area contributed by atoms with Gasteiger partial charge in [0.15, 0.2) is 5.13 Å². The molecule has 0 fully saturated rings. The summed E-state index contributed by atoms with van der Waals surface area (Å²) in [7, 11) is 0. The van der Waals surface area contributed by atoms with E-state index in [1.807, 2.05) is 6.92 Å². The molecule has 0 aromatic carbocycles. The minimum absolute atomic E-state index is 0.0936. The fourth-order valence-corrected chi connectivity index (χ4v) is 2.10. The van der Waals surface area contributed by atoms with Crippen molar-refractivity contribution in [2.24, 2.45) is 0 Å². The molecule has 104 valence electrons. The van der Waals surface area contributed by atoms with Gasteiger partial charge in [0.2, 0.25) is 5.91 Å². The third kappa shape index (κ3) is 4.66. The monoisotopic (exact) mass is 285 g/mol. The Hall–Kier alpha value is -1.96. The summed E-state index contributed by atoms with van der Waals surface area (Å²) < 4.78 is 0. The highest BCUT2D eigenvalue weighted by Gasteiger charge is 2.21. The molecule has 1 atom stereocenters. The zero-order valence-electron chi connectivity index (χ0n) is 10.6. The van der Waals surface area contributed by atoms with Crippen LogP contribution in [-0.4, -0.2) is 33.9 Å². The molecule has 8 heteroatoms. The highest BCUT2D eigenvalue weighted by molar-refractivity contribution is 7.14. The van der Waals surface area contributed by atoms with Gasteiger partial charge in [-0.05, 0) is 6.42 Å². The van der Waals surface area contributed by atoms with Crippen molar-refractivity contribution in [3.63, 3.8) is 0 Å². The lowest BCUT2D eigenvalue weighted by Gasteiger charge is -2.12. The second kappa shape index (κ2) is 6.83.